The Hall–Kier alpha value is -2.93. The number of rotatable bonds is 6. The SMILES string of the molecule is CCn1cc(CNc2nc(C)c(-c3ccn(-c4ccccc4)n3)s2)c(C)n1. The zero-order chi connectivity index (χ0) is 18.8. The van der Waals surface area contributed by atoms with E-state index in [4.69, 9.17) is 5.10 Å². The highest BCUT2D eigenvalue weighted by Gasteiger charge is 2.13. The summed E-state index contributed by atoms with van der Waals surface area (Å²) >= 11 is 1.63. The van der Waals surface area contributed by atoms with Gasteiger partial charge < -0.3 is 5.32 Å². The second kappa shape index (κ2) is 7.36. The number of para-hydroxylation sites is 1. The predicted molar refractivity (Wildman–Crippen MR) is 109 cm³/mol. The molecule has 3 aromatic heterocycles. The van der Waals surface area contributed by atoms with E-state index < -0.39 is 0 Å². The van der Waals surface area contributed by atoms with Crippen molar-refractivity contribution in [1.29, 1.82) is 0 Å². The number of aryl methyl sites for hydroxylation is 3. The number of hydrogen-bond acceptors (Lipinski definition) is 5. The summed E-state index contributed by atoms with van der Waals surface area (Å²) in [7, 11) is 0. The predicted octanol–water partition coefficient (Wildman–Crippen LogP) is 4.44. The van der Waals surface area contributed by atoms with E-state index in [2.05, 4.69) is 28.5 Å². The van der Waals surface area contributed by atoms with Crippen molar-refractivity contribution in [3.63, 3.8) is 0 Å². The van der Waals surface area contributed by atoms with Gasteiger partial charge in [0, 0.05) is 31.0 Å². The highest BCUT2D eigenvalue weighted by Crippen LogP contribution is 2.32. The summed E-state index contributed by atoms with van der Waals surface area (Å²) in [6.07, 6.45) is 4.07. The molecular formula is C20H22N6S. The Morgan fingerprint density at radius 3 is 2.59 bits per heavy atom. The van der Waals surface area contributed by atoms with Gasteiger partial charge in [0.05, 0.1) is 22.0 Å². The van der Waals surface area contributed by atoms with Crippen molar-refractivity contribution in [3.05, 3.63) is 65.7 Å². The lowest BCUT2D eigenvalue weighted by Gasteiger charge is -2.00. The molecule has 0 radical (unpaired) electrons. The number of nitrogens with zero attached hydrogens (tertiary/aromatic N) is 5. The molecule has 138 valence electrons. The fourth-order valence-corrected chi connectivity index (χ4v) is 3.87. The van der Waals surface area contributed by atoms with Gasteiger partial charge in [0.25, 0.3) is 0 Å². The van der Waals surface area contributed by atoms with Crippen molar-refractivity contribution in [2.45, 2.75) is 33.9 Å². The van der Waals surface area contributed by atoms with Gasteiger partial charge in [0.1, 0.15) is 5.69 Å². The molecule has 1 aromatic carbocycles. The molecule has 27 heavy (non-hydrogen) atoms. The van der Waals surface area contributed by atoms with Gasteiger partial charge >= 0.3 is 0 Å². The molecule has 0 spiro atoms. The molecule has 1 N–H and O–H groups in total. The second-order valence-electron chi connectivity index (χ2n) is 6.36. The van der Waals surface area contributed by atoms with Crippen LogP contribution in [-0.2, 0) is 13.1 Å². The summed E-state index contributed by atoms with van der Waals surface area (Å²) in [6.45, 7) is 7.76. The Kier molecular flexibility index (Phi) is 4.77. The molecule has 0 aliphatic rings. The molecular weight excluding hydrogens is 356 g/mol. The van der Waals surface area contributed by atoms with Crippen LogP contribution in [0, 0.1) is 13.8 Å². The lowest BCUT2D eigenvalue weighted by molar-refractivity contribution is 0.653. The van der Waals surface area contributed by atoms with E-state index in [0.717, 1.165) is 45.9 Å². The standard InChI is InChI=1S/C20H22N6S/c1-4-25-13-16(14(2)23-25)12-21-20-22-15(3)19(27-20)18-10-11-26(24-18)17-8-6-5-7-9-17/h5-11,13H,4,12H2,1-3H3,(H,21,22). The molecule has 0 aliphatic carbocycles. The number of thiazole rings is 1. The van der Waals surface area contributed by atoms with Crippen LogP contribution >= 0.6 is 11.3 Å². The Morgan fingerprint density at radius 2 is 1.85 bits per heavy atom. The van der Waals surface area contributed by atoms with Crippen molar-refractivity contribution in [3.8, 4) is 16.3 Å². The van der Waals surface area contributed by atoms with Gasteiger partial charge in [-0.3, -0.25) is 4.68 Å². The molecule has 3 heterocycles. The molecule has 0 atom stereocenters. The van der Waals surface area contributed by atoms with E-state index >= 15 is 0 Å². The summed E-state index contributed by atoms with van der Waals surface area (Å²) < 4.78 is 3.85. The largest absolute Gasteiger partial charge is 0.357 e. The van der Waals surface area contributed by atoms with E-state index in [1.807, 2.05) is 65.8 Å². The molecule has 0 saturated heterocycles. The second-order valence-corrected chi connectivity index (χ2v) is 7.36. The molecule has 4 rings (SSSR count). The van der Waals surface area contributed by atoms with E-state index in [1.165, 1.54) is 5.56 Å². The van der Waals surface area contributed by atoms with Crippen molar-refractivity contribution in [1.82, 2.24) is 24.5 Å². The first kappa shape index (κ1) is 17.5. The minimum atomic E-state index is 0.719. The van der Waals surface area contributed by atoms with Crippen LogP contribution in [-0.4, -0.2) is 24.5 Å². The molecule has 0 unspecified atom stereocenters. The normalized spacial score (nSPS) is 11.1. The number of hydrogen-bond donors (Lipinski definition) is 1. The average Bonchev–Trinajstić information content (AvgIpc) is 3.39. The van der Waals surface area contributed by atoms with E-state index in [9.17, 15) is 0 Å². The van der Waals surface area contributed by atoms with Gasteiger partial charge in [-0.05, 0) is 39.0 Å². The van der Waals surface area contributed by atoms with Crippen LogP contribution in [0.1, 0.15) is 23.9 Å². The van der Waals surface area contributed by atoms with Crippen LogP contribution in [0.2, 0.25) is 0 Å². The van der Waals surface area contributed by atoms with Crippen LogP contribution in [0.25, 0.3) is 16.3 Å². The van der Waals surface area contributed by atoms with Gasteiger partial charge in [0.15, 0.2) is 5.13 Å². The first-order valence-electron chi connectivity index (χ1n) is 8.99. The number of benzene rings is 1. The molecule has 0 aliphatic heterocycles. The topological polar surface area (TPSA) is 60.6 Å². The minimum Gasteiger partial charge on any atom is -0.357 e. The first-order valence-corrected chi connectivity index (χ1v) is 9.81. The van der Waals surface area contributed by atoms with Crippen molar-refractivity contribution in [2.75, 3.05) is 5.32 Å². The van der Waals surface area contributed by atoms with Crippen LogP contribution in [0.15, 0.2) is 48.8 Å². The smallest absolute Gasteiger partial charge is 0.183 e. The Labute approximate surface area is 162 Å². The van der Waals surface area contributed by atoms with E-state index in [-0.39, 0.29) is 0 Å². The third-order valence-corrected chi connectivity index (χ3v) is 5.58. The summed E-state index contributed by atoms with van der Waals surface area (Å²) in [5.41, 5.74) is 5.23. The van der Waals surface area contributed by atoms with Crippen LogP contribution in [0.5, 0.6) is 0 Å². The maximum Gasteiger partial charge on any atom is 0.183 e. The van der Waals surface area contributed by atoms with Gasteiger partial charge in [-0.15, -0.1) is 0 Å². The molecule has 6 nitrogen and oxygen atoms in total. The molecule has 4 aromatic rings. The summed E-state index contributed by atoms with van der Waals surface area (Å²) in [6, 6.07) is 12.2. The summed E-state index contributed by atoms with van der Waals surface area (Å²) in [5, 5.41) is 13.5. The number of aromatic nitrogens is 5. The van der Waals surface area contributed by atoms with Crippen molar-refractivity contribution >= 4 is 16.5 Å². The third kappa shape index (κ3) is 3.64. The fraction of sp³-hybridized carbons (Fsp3) is 0.250. The molecule has 0 saturated carbocycles. The molecule has 0 bridgehead atoms. The Bertz CT molecular complexity index is 1040. The maximum absolute atomic E-state index is 4.72. The van der Waals surface area contributed by atoms with Crippen molar-refractivity contribution in [2.24, 2.45) is 0 Å². The minimum absolute atomic E-state index is 0.719. The highest BCUT2D eigenvalue weighted by molar-refractivity contribution is 7.19. The quantitative estimate of drug-likeness (QED) is 0.539. The van der Waals surface area contributed by atoms with E-state index in [0.29, 0.717) is 0 Å². The van der Waals surface area contributed by atoms with Gasteiger partial charge in [0.2, 0.25) is 0 Å². The average molecular weight is 379 g/mol. The lowest BCUT2D eigenvalue weighted by Crippen LogP contribution is -1.99. The van der Waals surface area contributed by atoms with Gasteiger partial charge in [-0.25, -0.2) is 9.67 Å². The van der Waals surface area contributed by atoms with E-state index in [1.54, 1.807) is 11.3 Å². The summed E-state index contributed by atoms with van der Waals surface area (Å²) in [5.74, 6) is 0. The Balaban J connectivity index is 1.52. The molecule has 7 heteroatoms. The molecule has 0 fully saturated rings. The Morgan fingerprint density at radius 1 is 1.04 bits per heavy atom. The zero-order valence-electron chi connectivity index (χ0n) is 15.7. The van der Waals surface area contributed by atoms with Gasteiger partial charge in [-0.2, -0.15) is 10.2 Å². The van der Waals surface area contributed by atoms with Crippen LogP contribution < -0.4 is 5.32 Å². The van der Waals surface area contributed by atoms with Crippen LogP contribution in [0.3, 0.4) is 0 Å². The van der Waals surface area contributed by atoms with Gasteiger partial charge in [-0.1, -0.05) is 29.5 Å². The first-order chi connectivity index (χ1) is 13.1. The number of anilines is 1. The fourth-order valence-electron chi connectivity index (χ4n) is 2.94. The lowest BCUT2D eigenvalue weighted by atomic mass is 10.3. The van der Waals surface area contributed by atoms with Crippen LogP contribution in [0.4, 0.5) is 5.13 Å². The monoisotopic (exact) mass is 378 g/mol. The van der Waals surface area contributed by atoms with Crippen molar-refractivity contribution < 1.29 is 0 Å². The highest BCUT2D eigenvalue weighted by atomic mass is 32.1. The maximum atomic E-state index is 4.72. The molecule has 0 amide bonds. The third-order valence-electron chi connectivity index (χ3n) is 4.44. The number of nitrogens with one attached hydrogen (secondary N) is 1. The zero-order valence-corrected chi connectivity index (χ0v) is 16.5. The summed E-state index contributed by atoms with van der Waals surface area (Å²) in [4.78, 5) is 5.76.